The molecule has 1 aliphatic heterocycles. The third kappa shape index (κ3) is 4.01. The number of pyridine rings is 1. The molecule has 2 heterocycles. The van der Waals surface area contributed by atoms with Gasteiger partial charge in [-0.05, 0) is 36.8 Å². The van der Waals surface area contributed by atoms with Crippen molar-refractivity contribution in [2.24, 2.45) is 0 Å². The van der Waals surface area contributed by atoms with Crippen LogP contribution in [0.4, 0.5) is 0 Å². The molecule has 1 saturated heterocycles. The second-order valence-electron chi connectivity index (χ2n) is 6.10. The minimum atomic E-state index is -0.318. The summed E-state index contributed by atoms with van der Waals surface area (Å²) in [6, 6.07) is 13.3. The summed E-state index contributed by atoms with van der Waals surface area (Å²) < 4.78 is 5.46. The molecule has 1 unspecified atom stereocenters. The normalized spacial score (nSPS) is 15.9. The molecule has 3 rings (SSSR count). The summed E-state index contributed by atoms with van der Waals surface area (Å²) >= 11 is 0. The van der Waals surface area contributed by atoms with Crippen molar-refractivity contribution < 1.29 is 9.53 Å². The number of ether oxygens (including phenoxy) is 1. The van der Waals surface area contributed by atoms with E-state index >= 15 is 0 Å². The van der Waals surface area contributed by atoms with Gasteiger partial charge >= 0.3 is 0 Å². The molecule has 2 aromatic rings. The number of benzene rings is 1. The van der Waals surface area contributed by atoms with Gasteiger partial charge < -0.3 is 9.64 Å². The Morgan fingerprint density at radius 3 is 2.54 bits per heavy atom. The fourth-order valence-corrected chi connectivity index (χ4v) is 3.14. The second-order valence-corrected chi connectivity index (χ2v) is 6.10. The van der Waals surface area contributed by atoms with E-state index in [4.69, 9.17) is 4.74 Å². The molecule has 26 heavy (non-hydrogen) atoms. The van der Waals surface area contributed by atoms with Crippen molar-refractivity contribution in [3.05, 3.63) is 59.9 Å². The van der Waals surface area contributed by atoms with E-state index in [0.29, 0.717) is 38.3 Å². The van der Waals surface area contributed by atoms with Crippen LogP contribution in [0.15, 0.2) is 48.8 Å². The molecule has 0 saturated carbocycles. The topological polar surface area (TPSA) is 69.5 Å². The highest BCUT2D eigenvalue weighted by Crippen LogP contribution is 2.24. The van der Waals surface area contributed by atoms with Crippen LogP contribution in [0.5, 0.6) is 5.75 Å². The van der Waals surface area contributed by atoms with Crippen molar-refractivity contribution in [2.45, 2.75) is 13.0 Å². The van der Waals surface area contributed by atoms with Gasteiger partial charge in [-0.3, -0.25) is 14.7 Å². The minimum Gasteiger partial charge on any atom is -0.494 e. The monoisotopic (exact) mass is 350 g/mol. The molecule has 1 atom stereocenters. The maximum atomic E-state index is 12.5. The third-order valence-electron chi connectivity index (χ3n) is 4.50. The number of carbonyl (C=O) groups is 1. The highest BCUT2D eigenvalue weighted by Gasteiger charge is 2.27. The first-order chi connectivity index (χ1) is 12.7. The first kappa shape index (κ1) is 17.9. The Labute approximate surface area is 153 Å². The molecule has 1 aromatic carbocycles. The van der Waals surface area contributed by atoms with E-state index in [1.807, 2.05) is 36.1 Å². The van der Waals surface area contributed by atoms with Crippen molar-refractivity contribution in [3.8, 4) is 11.8 Å². The van der Waals surface area contributed by atoms with Crippen molar-refractivity contribution in [1.29, 1.82) is 5.26 Å². The average molecular weight is 350 g/mol. The predicted molar refractivity (Wildman–Crippen MR) is 97.7 cm³/mol. The van der Waals surface area contributed by atoms with Crippen molar-refractivity contribution >= 4 is 5.91 Å². The number of amides is 1. The van der Waals surface area contributed by atoms with Crippen LogP contribution in [0.2, 0.25) is 0 Å². The highest BCUT2D eigenvalue weighted by atomic mass is 16.5. The number of nitrogens with zero attached hydrogens (tertiary/aromatic N) is 4. The number of hydrogen-bond acceptors (Lipinski definition) is 5. The summed E-state index contributed by atoms with van der Waals surface area (Å²) in [6.07, 6.45) is 3.25. The lowest BCUT2D eigenvalue weighted by Gasteiger charge is -2.37. The standard InChI is InChI=1S/C20H22N4O2/c1-2-26-18-7-5-16(6-8-18)19(14-21)23-10-12-24(13-11-23)20(25)17-4-3-9-22-15-17/h3-9,15,19H,2,10-13H2,1H3. The Morgan fingerprint density at radius 1 is 1.23 bits per heavy atom. The van der Waals surface area contributed by atoms with E-state index in [1.165, 1.54) is 0 Å². The van der Waals surface area contributed by atoms with E-state index in [0.717, 1.165) is 11.3 Å². The zero-order valence-electron chi connectivity index (χ0n) is 14.8. The quantitative estimate of drug-likeness (QED) is 0.829. The number of nitriles is 1. The smallest absolute Gasteiger partial charge is 0.255 e. The summed E-state index contributed by atoms with van der Waals surface area (Å²) in [5.74, 6) is 0.798. The Morgan fingerprint density at radius 2 is 1.96 bits per heavy atom. The molecule has 6 heteroatoms. The molecular weight excluding hydrogens is 328 g/mol. The van der Waals surface area contributed by atoms with Crippen molar-refractivity contribution in [2.75, 3.05) is 32.8 Å². The first-order valence-corrected chi connectivity index (χ1v) is 8.78. The van der Waals surface area contributed by atoms with Gasteiger partial charge in [-0.2, -0.15) is 5.26 Å². The van der Waals surface area contributed by atoms with Gasteiger partial charge in [0, 0.05) is 38.6 Å². The summed E-state index contributed by atoms with van der Waals surface area (Å²) in [5, 5.41) is 9.65. The van der Waals surface area contributed by atoms with E-state index < -0.39 is 0 Å². The van der Waals surface area contributed by atoms with Gasteiger partial charge in [-0.1, -0.05) is 12.1 Å². The molecule has 0 spiro atoms. The van der Waals surface area contributed by atoms with Gasteiger partial charge in [-0.15, -0.1) is 0 Å². The van der Waals surface area contributed by atoms with Crippen molar-refractivity contribution in [1.82, 2.24) is 14.8 Å². The summed E-state index contributed by atoms with van der Waals surface area (Å²) in [4.78, 5) is 20.4. The fraction of sp³-hybridized carbons (Fsp3) is 0.350. The number of rotatable bonds is 5. The molecule has 1 aliphatic rings. The molecule has 1 amide bonds. The fourth-order valence-electron chi connectivity index (χ4n) is 3.14. The molecule has 134 valence electrons. The van der Waals surface area contributed by atoms with E-state index in [1.54, 1.807) is 24.5 Å². The van der Waals surface area contributed by atoms with Gasteiger partial charge in [0.15, 0.2) is 0 Å². The van der Waals surface area contributed by atoms with Gasteiger partial charge in [0.2, 0.25) is 0 Å². The lowest BCUT2D eigenvalue weighted by molar-refractivity contribution is 0.0606. The maximum absolute atomic E-state index is 12.5. The minimum absolute atomic E-state index is 0.00711. The third-order valence-corrected chi connectivity index (χ3v) is 4.50. The summed E-state index contributed by atoms with van der Waals surface area (Å²) in [6.45, 7) is 5.09. The van der Waals surface area contributed by atoms with Crippen LogP contribution in [0.25, 0.3) is 0 Å². The van der Waals surface area contributed by atoms with Gasteiger partial charge in [0.1, 0.15) is 11.8 Å². The molecule has 1 aromatic heterocycles. The average Bonchev–Trinajstić information content (AvgIpc) is 2.71. The van der Waals surface area contributed by atoms with Crippen LogP contribution >= 0.6 is 0 Å². The van der Waals surface area contributed by atoms with E-state index in [-0.39, 0.29) is 11.9 Å². The lowest BCUT2D eigenvalue weighted by Crippen LogP contribution is -2.49. The Bertz CT molecular complexity index is 763. The molecule has 0 N–H and O–H groups in total. The molecular formula is C20H22N4O2. The van der Waals surface area contributed by atoms with Crippen LogP contribution in [0, 0.1) is 11.3 Å². The zero-order chi connectivity index (χ0) is 18.4. The van der Waals surface area contributed by atoms with Crippen LogP contribution in [0.1, 0.15) is 28.9 Å². The first-order valence-electron chi connectivity index (χ1n) is 8.78. The van der Waals surface area contributed by atoms with Crippen LogP contribution in [0.3, 0.4) is 0 Å². The number of hydrogen-bond donors (Lipinski definition) is 0. The molecule has 0 radical (unpaired) electrons. The summed E-state index contributed by atoms with van der Waals surface area (Å²) in [5.41, 5.74) is 1.55. The molecule has 0 aliphatic carbocycles. The molecule has 1 fully saturated rings. The number of piperazine rings is 1. The van der Waals surface area contributed by atoms with Gasteiger partial charge in [-0.25, -0.2) is 0 Å². The second kappa shape index (κ2) is 8.45. The van der Waals surface area contributed by atoms with Gasteiger partial charge in [0.25, 0.3) is 5.91 Å². The van der Waals surface area contributed by atoms with Crippen LogP contribution in [-0.4, -0.2) is 53.5 Å². The van der Waals surface area contributed by atoms with E-state index in [9.17, 15) is 10.1 Å². The SMILES string of the molecule is CCOc1ccc(C(C#N)N2CCN(C(=O)c3cccnc3)CC2)cc1. The maximum Gasteiger partial charge on any atom is 0.255 e. The van der Waals surface area contributed by atoms with Gasteiger partial charge in [0.05, 0.1) is 18.2 Å². The number of aromatic nitrogens is 1. The van der Waals surface area contributed by atoms with Crippen LogP contribution in [-0.2, 0) is 0 Å². The summed E-state index contributed by atoms with van der Waals surface area (Å²) in [7, 11) is 0. The number of carbonyl (C=O) groups excluding carboxylic acids is 1. The van der Waals surface area contributed by atoms with Crippen LogP contribution < -0.4 is 4.74 Å². The Hall–Kier alpha value is -2.91. The molecule has 6 nitrogen and oxygen atoms in total. The Balaban J connectivity index is 1.62. The zero-order valence-corrected chi connectivity index (χ0v) is 14.8. The predicted octanol–water partition coefficient (Wildman–Crippen LogP) is 2.50. The highest BCUT2D eigenvalue weighted by molar-refractivity contribution is 5.93. The lowest BCUT2D eigenvalue weighted by atomic mass is 10.1. The van der Waals surface area contributed by atoms with E-state index in [2.05, 4.69) is 16.0 Å². The Kier molecular flexibility index (Phi) is 5.82. The van der Waals surface area contributed by atoms with Crippen molar-refractivity contribution in [3.63, 3.8) is 0 Å². The molecule has 0 bridgehead atoms. The largest absolute Gasteiger partial charge is 0.494 e.